The van der Waals surface area contributed by atoms with Crippen LogP contribution in [0.5, 0.6) is 11.5 Å². The highest BCUT2D eigenvalue weighted by Crippen LogP contribution is 2.36. The molecule has 0 aliphatic heterocycles. The van der Waals surface area contributed by atoms with Gasteiger partial charge in [0.05, 0.1) is 24.8 Å². The average molecular weight is 610 g/mol. The highest BCUT2D eigenvalue weighted by molar-refractivity contribution is 7.92. The molecule has 1 N–H and O–H groups in total. The summed E-state index contributed by atoms with van der Waals surface area (Å²) in [6.07, 6.45) is 0.326. The second-order valence-electron chi connectivity index (χ2n) is 11.5. The molecule has 3 aromatic carbocycles. The van der Waals surface area contributed by atoms with Gasteiger partial charge in [0.1, 0.15) is 24.1 Å². The van der Waals surface area contributed by atoms with Gasteiger partial charge < -0.3 is 19.7 Å². The van der Waals surface area contributed by atoms with Crippen molar-refractivity contribution in [2.24, 2.45) is 0 Å². The number of amides is 2. The van der Waals surface area contributed by atoms with Crippen LogP contribution in [0.1, 0.15) is 50.8 Å². The Balaban J connectivity index is 2.17. The number of carbonyl (C=O) groups is 2. The Morgan fingerprint density at radius 3 is 2.14 bits per heavy atom. The number of hydrogen-bond acceptors (Lipinski definition) is 6. The van der Waals surface area contributed by atoms with E-state index in [-0.39, 0.29) is 28.8 Å². The Hall–Kier alpha value is -4.05. The van der Waals surface area contributed by atoms with Crippen LogP contribution in [-0.4, -0.2) is 57.5 Å². The van der Waals surface area contributed by atoms with E-state index in [1.165, 1.54) is 37.3 Å². The maximum absolute atomic E-state index is 14.3. The fourth-order valence-electron chi connectivity index (χ4n) is 4.72. The number of carbonyl (C=O) groups excluding carboxylic acids is 2. The summed E-state index contributed by atoms with van der Waals surface area (Å²) < 4.78 is 40.4. The van der Waals surface area contributed by atoms with Crippen molar-refractivity contribution >= 4 is 27.5 Å². The fourth-order valence-corrected chi connectivity index (χ4v) is 6.14. The predicted molar refractivity (Wildman–Crippen MR) is 169 cm³/mol. The molecular formula is C33H43N3O6S. The number of anilines is 1. The first kappa shape index (κ1) is 33.5. The molecule has 232 valence electrons. The molecule has 0 bridgehead atoms. The zero-order valence-corrected chi connectivity index (χ0v) is 27.1. The highest BCUT2D eigenvalue weighted by atomic mass is 32.2. The third-order valence-corrected chi connectivity index (χ3v) is 8.64. The molecule has 9 nitrogen and oxygen atoms in total. The lowest BCUT2D eigenvalue weighted by Crippen LogP contribution is -2.55. The molecule has 0 saturated heterocycles. The molecule has 3 rings (SSSR count). The highest BCUT2D eigenvalue weighted by Gasteiger charge is 2.35. The molecule has 0 spiro atoms. The van der Waals surface area contributed by atoms with Crippen LogP contribution in [0.2, 0.25) is 0 Å². The van der Waals surface area contributed by atoms with Crippen molar-refractivity contribution in [2.75, 3.05) is 25.1 Å². The van der Waals surface area contributed by atoms with Crippen LogP contribution in [0.15, 0.2) is 71.6 Å². The normalized spacial score (nSPS) is 12.3. The maximum atomic E-state index is 14.3. The number of nitrogens with zero attached hydrogens (tertiary/aromatic N) is 2. The molecule has 43 heavy (non-hydrogen) atoms. The summed E-state index contributed by atoms with van der Waals surface area (Å²) in [6, 6.07) is 18.0. The minimum Gasteiger partial charge on any atom is -0.497 e. The van der Waals surface area contributed by atoms with Gasteiger partial charge in [0.15, 0.2) is 0 Å². The zero-order valence-electron chi connectivity index (χ0n) is 26.3. The second-order valence-corrected chi connectivity index (χ2v) is 13.4. The summed E-state index contributed by atoms with van der Waals surface area (Å²) in [6.45, 7) is 10.8. The first-order valence-corrected chi connectivity index (χ1v) is 15.6. The lowest BCUT2D eigenvalue weighted by molar-refractivity contribution is -0.141. The van der Waals surface area contributed by atoms with Crippen molar-refractivity contribution in [2.45, 2.75) is 71.0 Å². The Morgan fingerprint density at radius 2 is 1.58 bits per heavy atom. The van der Waals surface area contributed by atoms with Crippen molar-refractivity contribution in [3.63, 3.8) is 0 Å². The van der Waals surface area contributed by atoms with Crippen molar-refractivity contribution in [1.82, 2.24) is 10.2 Å². The van der Waals surface area contributed by atoms with E-state index in [2.05, 4.69) is 5.32 Å². The Labute approximate surface area is 255 Å². The van der Waals surface area contributed by atoms with Gasteiger partial charge in [0.25, 0.3) is 10.0 Å². The van der Waals surface area contributed by atoms with Gasteiger partial charge in [-0.2, -0.15) is 0 Å². The molecule has 0 heterocycles. The first-order valence-electron chi connectivity index (χ1n) is 14.2. The maximum Gasteiger partial charge on any atom is 0.264 e. The third-order valence-electron chi connectivity index (χ3n) is 6.86. The molecular weight excluding hydrogens is 566 g/mol. The molecule has 1 atom stereocenters. The minimum absolute atomic E-state index is 0.0125. The zero-order chi connectivity index (χ0) is 31.9. The lowest BCUT2D eigenvalue weighted by atomic mass is 10.0. The third kappa shape index (κ3) is 8.50. The van der Waals surface area contributed by atoms with E-state index < -0.39 is 34.1 Å². The van der Waals surface area contributed by atoms with Crippen LogP contribution >= 0.6 is 0 Å². The van der Waals surface area contributed by atoms with Crippen molar-refractivity contribution < 1.29 is 27.5 Å². The van der Waals surface area contributed by atoms with Gasteiger partial charge in [0.2, 0.25) is 11.8 Å². The quantitative estimate of drug-likeness (QED) is 0.301. The molecule has 2 amide bonds. The van der Waals surface area contributed by atoms with Gasteiger partial charge >= 0.3 is 0 Å². The summed E-state index contributed by atoms with van der Waals surface area (Å²) in [5, 5.41) is 2.98. The summed E-state index contributed by atoms with van der Waals surface area (Å²) >= 11 is 0. The van der Waals surface area contributed by atoms with E-state index in [0.717, 1.165) is 21.0 Å². The number of ether oxygens (including phenoxy) is 2. The van der Waals surface area contributed by atoms with Crippen LogP contribution in [0.3, 0.4) is 0 Å². The summed E-state index contributed by atoms with van der Waals surface area (Å²) in [5.41, 5.74) is 2.32. The van der Waals surface area contributed by atoms with Crippen molar-refractivity contribution in [1.29, 1.82) is 0 Å². The monoisotopic (exact) mass is 609 g/mol. The summed E-state index contributed by atoms with van der Waals surface area (Å²) in [7, 11) is -1.37. The van der Waals surface area contributed by atoms with Crippen LogP contribution in [0.4, 0.5) is 5.69 Å². The molecule has 3 aromatic rings. The smallest absolute Gasteiger partial charge is 0.264 e. The Morgan fingerprint density at radius 1 is 0.907 bits per heavy atom. The van der Waals surface area contributed by atoms with Gasteiger partial charge in [-0.15, -0.1) is 0 Å². The van der Waals surface area contributed by atoms with Crippen LogP contribution < -0.4 is 19.1 Å². The van der Waals surface area contributed by atoms with E-state index in [4.69, 9.17) is 9.47 Å². The van der Waals surface area contributed by atoms with E-state index in [1.54, 1.807) is 24.3 Å². The Kier molecular flexibility index (Phi) is 10.9. The molecule has 0 aliphatic rings. The number of aryl methyl sites for hydroxylation is 2. The van der Waals surface area contributed by atoms with E-state index in [1.807, 2.05) is 65.8 Å². The standard InChI is InChI=1S/C33H43N3O6S/c1-9-28(32(38)34-33(4,5)6)35(21-25-12-10-11-24(3)19-25)31(37)22-36(29-20-26(41-7)15-18-30(29)42-8)43(39,40)27-16-13-23(2)14-17-27/h10-20,28H,9,21-22H2,1-8H3,(H,34,38)/t28-/m0/s1. The number of nitrogens with one attached hydrogen (secondary N) is 1. The van der Waals surface area contributed by atoms with Gasteiger partial charge in [-0.05, 0) is 70.9 Å². The minimum atomic E-state index is -4.27. The number of sulfonamides is 1. The van der Waals surface area contributed by atoms with Crippen LogP contribution in [0, 0.1) is 13.8 Å². The van der Waals surface area contributed by atoms with Crippen molar-refractivity contribution in [3.05, 3.63) is 83.4 Å². The van der Waals surface area contributed by atoms with Gasteiger partial charge in [-0.3, -0.25) is 13.9 Å². The van der Waals surface area contributed by atoms with E-state index >= 15 is 0 Å². The molecule has 0 aromatic heterocycles. The van der Waals surface area contributed by atoms with Crippen LogP contribution in [-0.2, 0) is 26.2 Å². The predicted octanol–water partition coefficient (Wildman–Crippen LogP) is 5.24. The molecule has 0 unspecified atom stereocenters. The number of hydrogen-bond donors (Lipinski definition) is 1. The average Bonchev–Trinajstić information content (AvgIpc) is 2.94. The van der Waals surface area contributed by atoms with E-state index in [9.17, 15) is 18.0 Å². The molecule has 0 fully saturated rings. The number of methoxy groups -OCH3 is 2. The summed E-state index contributed by atoms with van der Waals surface area (Å²) in [4.78, 5) is 29.3. The van der Waals surface area contributed by atoms with Gasteiger partial charge in [-0.25, -0.2) is 8.42 Å². The lowest BCUT2D eigenvalue weighted by Gasteiger charge is -2.35. The molecule has 10 heteroatoms. The SMILES string of the molecule is CC[C@@H](C(=O)NC(C)(C)C)N(Cc1cccc(C)c1)C(=O)CN(c1cc(OC)ccc1OC)S(=O)(=O)c1ccc(C)cc1. The largest absolute Gasteiger partial charge is 0.497 e. The fraction of sp³-hybridized carbons (Fsp3) is 0.394. The number of benzene rings is 3. The second kappa shape index (κ2) is 13.9. The molecule has 0 radical (unpaired) electrons. The van der Waals surface area contributed by atoms with E-state index in [0.29, 0.717) is 12.2 Å². The van der Waals surface area contributed by atoms with Gasteiger partial charge in [0, 0.05) is 18.2 Å². The van der Waals surface area contributed by atoms with Gasteiger partial charge in [-0.1, -0.05) is 54.4 Å². The first-order chi connectivity index (χ1) is 20.2. The molecule has 0 saturated carbocycles. The molecule has 0 aliphatic carbocycles. The summed E-state index contributed by atoms with van der Waals surface area (Å²) in [5.74, 6) is -0.229. The van der Waals surface area contributed by atoms with Crippen molar-refractivity contribution in [3.8, 4) is 11.5 Å². The Bertz CT molecular complexity index is 1530. The number of rotatable bonds is 12. The van der Waals surface area contributed by atoms with Crippen LogP contribution in [0.25, 0.3) is 0 Å². The topological polar surface area (TPSA) is 105 Å².